The topological polar surface area (TPSA) is 29.1 Å². The molecule has 0 saturated heterocycles. The zero-order valence-corrected chi connectivity index (χ0v) is 10.2. The number of carbonyl (C=O) groups is 1. The second-order valence-corrected chi connectivity index (χ2v) is 3.93. The fraction of sp³-hybridized carbons (Fsp3) is 0.0714. The van der Waals surface area contributed by atoms with Crippen LogP contribution >= 0.6 is 12.6 Å². The molecule has 0 bridgehead atoms. The molecule has 0 heterocycles. The van der Waals surface area contributed by atoms with Crippen LogP contribution in [0.1, 0.15) is 0 Å². The van der Waals surface area contributed by atoms with Gasteiger partial charge in [0.05, 0.1) is 5.75 Å². The average molecular weight is 243 g/mol. The van der Waals surface area contributed by atoms with Gasteiger partial charge in [0, 0.05) is 11.3 Å². The largest absolute Gasteiger partial charge is 0.325 e. The first kappa shape index (κ1) is 11.7. The Kier molecular flexibility index (Phi) is 3.83. The summed E-state index contributed by atoms with van der Waals surface area (Å²) in [7, 11) is 0. The number of carbonyl (C=O) groups excluding carboxylic acids is 1. The maximum atomic E-state index is 11.4. The zero-order valence-electron chi connectivity index (χ0n) is 9.26. The number of hydrogen-bond acceptors (Lipinski definition) is 2. The first-order chi connectivity index (χ1) is 8.31. The van der Waals surface area contributed by atoms with Crippen LogP contribution in [0.5, 0.6) is 0 Å². The molecule has 1 amide bonds. The van der Waals surface area contributed by atoms with Crippen molar-refractivity contribution in [1.82, 2.24) is 0 Å². The predicted octanol–water partition coefficient (Wildman–Crippen LogP) is 3.22. The molecule has 0 aliphatic carbocycles. The highest BCUT2D eigenvalue weighted by Crippen LogP contribution is 2.27. The molecule has 0 fully saturated rings. The molecule has 0 aliphatic rings. The van der Waals surface area contributed by atoms with Crippen LogP contribution in [0.25, 0.3) is 11.1 Å². The highest BCUT2D eigenvalue weighted by atomic mass is 32.1. The summed E-state index contributed by atoms with van der Waals surface area (Å²) in [5, 5.41) is 2.84. The molecule has 0 radical (unpaired) electrons. The third-order valence-corrected chi connectivity index (χ3v) is 2.72. The van der Waals surface area contributed by atoms with Crippen molar-refractivity contribution in [3.63, 3.8) is 0 Å². The van der Waals surface area contributed by atoms with Gasteiger partial charge in [-0.25, -0.2) is 0 Å². The van der Waals surface area contributed by atoms with Crippen LogP contribution < -0.4 is 5.32 Å². The SMILES string of the molecule is O=C(CS)Nc1ccccc1-c1ccccc1. The van der Waals surface area contributed by atoms with Gasteiger partial charge in [-0.1, -0.05) is 48.5 Å². The molecule has 0 spiro atoms. The number of amides is 1. The van der Waals surface area contributed by atoms with E-state index in [1.807, 2.05) is 54.6 Å². The maximum Gasteiger partial charge on any atom is 0.234 e. The summed E-state index contributed by atoms with van der Waals surface area (Å²) in [4.78, 5) is 11.4. The quantitative estimate of drug-likeness (QED) is 0.796. The number of rotatable bonds is 3. The number of anilines is 1. The normalized spacial score (nSPS) is 9.94. The summed E-state index contributed by atoms with van der Waals surface area (Å²) in [6.07, 6.45) is 0. The van der Waals surface area contributed by atoms with Gasteiger partial charge in [0.2, 0.25) is 5.91 Å². The van der Waals surface area contributed by atoms with E-state index in [1.54, 1.807) is 0 Å². The van der Waals surface area contributed by atoms with E-state index < -0.39 is 0 Å². The van der Waals surface area contributed by atoms with Crippen LogP contribution in [0.2, 0.25) is 0 Å². The molecule has 2 aromatic rings. The number of hydrogen-bond donors (Lipinski definition) is 2. The van der Waals surface area contributed by atoms with E-state index >= 15 is 0 Å². The molecule has 2 rings (SSSR count). The lowest BCUT2D eigenvalue weighted by Crippen LogP contribution is -2.13. The van der Waals surface area contributed by atoms with Gasteiger partial charge in [-0.05, 0) is 11.6 Å². The molecular formula is C14H13NOS. The molecule has 0 unspecified atom stereocenters. The smallest absolute Gasteiger partial charge is 0.234 e. The van der Waals surface area contributed by atoms with Crippen molar-refractivity contribution < 1.29 is 4.79 Å². The molecule has 86 valence electrons. The van der Waals surface area contributed by atoms with E-state index in [0.717, 1.165) is 16.8 Å². The summed E-state index contributed by atoms with van der Waals surface area (Å²) in [5.41, 5.74) is 2.92. The fourth-order valence-electron chi connectivity index (χ4n) is 1.65. The zero-order chi connectivity index (χ0) is 12.1. The van der Waals surface area contributed by atoms with Gasteiger partial charge >= 0.3 is 0 Å². The predicted molar refractivity (Wildman–Crippen MR) is 74.4 cm³/mol. The van der Waals surface area contributed by atoms with Crippen LogP contribution in [0.15, 0.2) is 54.6 Å². The van der Waals surface area contributed by atoms with E-state index in [1.165, 1.54) is 0 Å². The molecule has 3 heteroatoms. The minimum atomic E-state index is -0.100. The lowest BCUT2D eigenvalue weighted by atomic mass is 10.0. The van der Waals surface area contributed by atoms with E-state index in [9.17, 15) is 4.79 Å². The monoisotopic (exact) mass is 243 g/mol. The molecule has 0 aliphatic heterocycles. The molecule has 17 heavy (non-hydrogen) atoms. The molecule has 1 N–H and O–H groups in total. The Hall–Kier alpha value is -1.74. The van der Waals surface area contributed by atoms with Gasteiger partial charge < -0.3 is 5.32 Å². The summed E-state index contributed by atoms with van der Waals surface area (Å²) in [6.45, 7) is 0. The van der Waals surface area contributed by atoms with Gasteiger partial charge in [-0.15, -0.1) is 0 Å². The molecular weight excluding hydrogens is 230 g/mol. The van der Waals surface area contributed by atoms with Crippen LogP contribution in [-0.2, 0) is 4.79 Å². The van der Waals surface area contributed by atoms with Crippen LogP contribution in [0, 0.1) is 0 Å². The van der Waals surface area contributed by atoms with E-state index in [4.69, 9.17) is 0 Å². The first-order valence-corrected chi connectivity index (χ1v) is 5.99. The second kappa shape index (κ2) is 5.55. The molecule has 0 saturated carbocycles. The Morgan fingerprint density at radius 2 is 1.65 bits per heavy atom. The molecule has 0 aromatic heterocycles. The minimum absolute atomic E-state index is 0.100. The summed E-state index contributed by atoms with van der Waals surface area (Å²) >= 11 is 3.96. The van der Waals surface area contributed by atoms with Gasteiger partial charge in [0.1, 0.15) is 0 Å². The van der Waals surface area contributed by atoms with Crippen LogP contribution in [0.4, 0.5) is 5.69 Å². The highest BCUT2D eigenvalue weighted by molar-refractivity contribution is 7.81. The average Bonchev–Trinajstić information content (AvgIpc) is 2.40. The van der Waals surface area contributed by atoms with Crippen molar-refractivity contribution in [3.05, 3.63) is 54.6 Å². The third-order valence-electron chi connectivity index (χ3n) is 2.43. The van der Waals surface area contributed by atoms with Crippen molar-refractivity contribution >= 4 is 24.2 Å². The van der Waals surface area contributed by atoms with Crippen molar-refractivity contribution in [1.29, 1.82) is 0 Å². The van der Waals surface area contributed by atoms with Gasteiger partial charge in [-0.3, -0.25) is 4.79 Å². The number of nitrogens with one attached hydrogen (secondary N) is 1. The molecule has 2 nitrogen and oxygen atoms in total. The standard InChI is InChI=1S/C14H13NOS/c16-14(10-17)15-13-9-5-4-8-12(13)11-6-2-1-3-7-11/h1-9,17H,10H2,(H,15,16). The Labute approximate surface area is 106 Å². The fourth-order valence-corrected chi connectivity index (χ4v) is 1.73. The number of thiol groups is 1. The first-order valence-electron chi connectivity index (χ1n) is 5.36. The summed E-state index contributed by atoms with van der Waals surface area (Å²) < 4.78 is 0. The number of para-hydroxylation sites is 1. The second-order valence-electron chi connectivity index (χ2n) is 3.62. The number of benzene rings is 2. The van der Waals surface area contributed by atoms with Crippen molar-refractivity contribution in [2.75, 3.05) is 11.1 Å². The summed E-state index contributed by atoms with van der Waals surface area (Å²) in [5.74, 6) is 0.0834. The molecule has 2 aromatic carbocycles. The highest BCUT2D eigenvalue weighted by Gasteiger charge is 2.06. The minimum Gasteiger partial charge on any atom is -0.325 e. The van der Waals surface area contributed by atoms with Gasteiger partial charge in [0.25, 0.3) is 0 Å². The van der Waals surface area contributed by atoms with Crippen molar-refractivity contribution in [2.24, 2.45) is 0 Å². The van der Waals surface area contributed by atoms with Crippen molar-refractivity contribution in [3.8, 4) is 11.1 Å². The van der Waals surface area contributed by atoms with E-state index in [2.05, 4.69) is 17.9 Å². The van der Waals surface area contributed by atoms with Gasteiger partial charge in [0.15, 0.2) is 0 Å². The maximum absolute atomic E-state index is 11.4. The van der Waals surface area contributed by atoms with Crippen LogP contribution in [-0.4, -0.2) is 11.7 Å². The van der Waals surface area contributed by atoms with E-state index in [0.29, 0.717) is 0 Å². The third kappa shape index (κ3) is 2.88. The Morgan fingerprint density at radius 3 is 2.35 bits per heavy atom. The van der Waals surface area contributed by atoms with Gasteiger partial charge in [-0.2, -0.15) is 12.6 Å². The van der Waals surface area contributed by atoms with E-state index in [-0.39, 0.29) is 11.7 Å². The van der Waals surface area contributed by atoms with Crippen LogP contribution in [0.3, 0.4) is 0 Å². The Balaban J connectivity index is 2.38. The Bertz CT molecular complexity index is 511. The molecule has 0 atom stereocenters. The lowest BCUT2D eigenvalue weighted by molar-refractivity contribution is -0.113. The van der Waals surface area contributed by atoms with Crippen molar-refractivity contribution in [2.45, 2.75) is 0 Å². The lowest BCUT2D eigenvalue weighted by Gasteiger charge is -2.10. The summed E-state index contributed by atoms with van der Waals surface area (Å²) in [6, 6.07) is 17.7. The Morgan fingerprint density at radius 1 is 1.00 bits per heavy atom.